The summed E-state index contributed by atoms with van der Waals surface area (Å²) in [7, 11) is 0. The van der Waals surface area contributed by atoms with Crippen LogP contribution in [0, 0.1) is 5.82 Å². The van der Waals surface area contributed by atoms with Crippen LogP contribution in [0.3, 0.4) is 0 Å². The Labute approximate surface area is 169 Å². The molecule has 1 saturated heterocycles. The molecular weight excluding hydrogens is 373 g/mol. The molecule has 1 fully saturated rings. The molecular formula is C22H24FN3O3. The largest absolute Gasteiger partial charge is 0.325 e. The van der Waals surface area contributed by atoms with E-state index in [1.165, 1.54) is 29.2 Å². The third-order valence-electron chi connectivity index (χ3n) is 5.12. The predicted octanol–water partition coefficient (Wildman–Crippen LogP) is 3.43. The Kier molecular flexibility index (Phi) is 5.96. The van der Waals surface area contributed by atoms with Gasteiger partial charge in [0, 0.05) is 12.2 Å². The van der Waals surface area contributed by atoms with Crippen molar-refractivity contribution in [2.45, 2.75) is 32.2 Å². The highest BCUT2D eigenvalue weighted by Crippen LogP contribution is 2.33. The van der Waals surface area contributed by atoms with Crippen molar-refractivity contribution in [1.29, 1.82) is 0 Å². The summed E-state index contributed by atoms with van der Waals surface area (Å²) in [5.41, 5.74) is 0.0372. The summed E-state index contributed by atoms with van der Waals surface area (Å²) in [6.07, 6.45) is 1.11. The summed E-state index contributed by atoms with van der Waals surface area (Å²) < 4.78 is 13.2. The first kappa shape index (κ1) is 20.5. The van der Waals surface area contributed by atoms with Crippen LogP contribution in [0.1, 0.15) is 32.3 Å². The van der Waals surface area contributed by atoms with Crippen molar-refractivity contribution in [3.05, 3.63) is 66.0 Å². The molecule has 7 heteroatoms. The maximum absolute atomic E-state index is 13.3. The van der Waals surface area contributed by atoms with Gasteiger partial charge in [-0.25, -0.2) is 9.18 Å². The average molecular weight is 397 g/mol. The number of nitrogens with zero attached hydrogens (tertiary/aromatic N) is 2. The Morgan fingerprint density at radius 2 is 1.72 bits per heavy atom. The van der Waals surface area contributed by atoms with Gasteiger partial charge in [-0.2, -0.15) is 0 Å². The second-order valence-corrected chi connectivity index (χ2v) is 6.96. The van der Waals surface area contributed by atoms with E-state index in [9.17, 15) is 18.8 Å². The van der Waals surface area contributed by atoms with Crippen LogP contribution >= 0.6 is 0 Å². The maximum Gasteiger partial charge on any atom is 0.325 e. The lowest BCUT2D eigenvalue weighted by atomic mass is 9.85. The lowest BCUT2D eigenvalue weighted by molar-refractivity contribution is -0.134. The molecule has 152 valence electrons. The van der Waals surface area contributed by atoms with Crippen molar-refractivity contribution in [3.63, 3.8) is 0 Å². The van der Waals surface area contributed by atoms with Gasteiger partial charge in [0.25, 0.3) is 5.91 Å². The van der Waals surface area contributed by atoms with Crippen molar-refractivity contribution >= 4 is 23.5 Å². The van der Waals surface area contributed by atoms with Crippen LogP contribution in [0.25, 0.3) is 0 Å². The average Bonchev–Trinajstić information content (AvgIpc) is 2.96. The standard InChI is InChI=1S/C22H24FN3O3/c1-3-14-22(16-8-6-5-7-9-16)20(28)26(21(29)24-22)15-19(27)25(4-2)18-12-10-17(23)11-13-18/h5-13H,3-4,14-15H2,1-2H3,(H,24,29)/t22-/m1/s1. The number of hydrogen-bond donors (Lipinski definition) is 1. The molecule has 1 aliphatic heterocycles. The zero-order valence-corrected chi connectivity index (χ0v) is 16.5. The van der Waals surface area contributed by atoms with Crippen LogP contribution in [0.4, 0.5) is 14.9 Å². The van der Waals surface area contributed by atoms with Crippen molar-refractivity contribution in [1.82, 2.24) is 10.2 Å². The Hall–Kier alpha value is -3.22. The van der Waals surface area contributed by atoms with Crippen LogP contribution < -0.4 is 10.2 Å². The molecule has 3 rings (SSSR count). The second kappa shape index (κ2) is 8.43. The molecule has 1 aliphatic rings. The first-order chi connectivity index (χ1) is 13.9. The Morgan fingerprint density at radius 1 is 1.07 bits per heavy atom. The van der Waals surface area contributed by atoms with Gasteiger partial charge in [-0.3, -0.25) is 14.5 Å². The molecule has 0 bridgehead atoms. The van der Waals surface area contributed by atoms with Crippen LogP contribution in [-0.4, -0.2) is 35.8 Å². The lowest BCUT2D eigenvalue weighted by Gasteiger charge is -2.27. The number of nitrogens with one attached hydrogen (secondary N) is 1. The number of halogens is 1. The van der Waals surface area contributed by atoms with Crippen LogP contribution in [-0.2, 0) is 15.1 Å². The molecule has 2 aromatic rings. The summed E-state index contributed by atoms with van der Waals surface area (Å²) >= 11 is 0. The smallest absolute Gasteiger partial charge is 0.319 e. The molecule has 0 saturated carbocycles. The molecule has 0 radical (unpaired) electrons. The van der Waals surface area contributed by atoms with Crippen LogP contribution in [0.5, 0.6) is 0 Å². The van der Waals surface area contributed by atoms with Crippen LogP contribution in [0.15, 0.2) is 54.6 Å². The Balaban J connectivity index is 1.85. The van der Waals surface area contributed by atoms with Crippen molar-refractivity contribution in [2.75, 3.05) is 18.0 Å². The van der Waals surface area contributed by atoms with E-state index in [1.807, 2.05) is 25.1 Å². The normalized spacial score (nSPS) is 18.7. The van der Waals surface area contributed by atoms with Crippen molar-refractivity contribution in [2.24, 2.45) is 0 Å². The second-order valence-electron chi connectivity index (χ2n) is 6.96. The summed E-state index contributed by atoms with van der Waals surface area (Å²) in [4.78, 5) is 41.2. The fourth-order valence-corrected chi connectivity index (χ4v) is 3.72. The summed E-state index contributed by atoms with van der Waals surface area (Å²) in [5.74, 6) is -1.25. The SMILES string of the molecule is CCC[C@]1(c2ccccc2)NC(=O)N(CC(=O)N(CC)c2ccc(F)cc2)C1=O. The van der Waals surface area contributed by atoms with Gasteiger partial charge < -0.3 is 10.2 Å². The molecule has 2 aromatic carbocycles. The number of urea groups is 1. The lowest BCUT2D eigenvalue weighted by Crippen LogP contribution is -2.46. The quantitative estimate of drug-likeness (QED) is 0.728. The highest BCUT2D eigenvalue weighted by Gasteiger charge is 2.52. The number of carbonyl (C=O) groups excluding carboxylic acids is 3. The first-order valence-corrected chi connectivity index (χ1v) is 9.68. The molecule has 29 heavy (non-hydrogen) atoms. The molecule has 1 N–H and O–H groups in total. The van der Waals surface area contributed by atoms with E-state index in [-0.39, 0.29) is 6.54 Å². The maximum atomic E-state index is 13.3. The number of carbonyl (C=O) groups is 3. The minimum absolute atomic E-state index is 0.326. The van der Waals surface area contributed by atoms with Gasteiger partial charge in [0.05, 0.1) is 0 Å². The molecule has 1 atom stereocenters. The fourth-order valence-electron chi connectivity index (χ4n) is 3.72. The first-order valence-electron chi connectivity index (χ1n) is 9.68. The third-order valence-corrected chi connectivity index (χ3v) is 5.12. The third kappa shape index (κ3) is 3.85. The van der Waals surface area contributed by atoms with Gasteiger partial charge in [-0.05, 0) is 43.2 Å². The molecule has 0 spiro atoms. The number of imide groups is 1. The van der Waals surface area contributed by atoms with Gasteiger partial charge in [0.1, 0.15) is 17.9 Å². The van der Waals surface area contributed by atoms with E-state index in [2.05, 4.69) is 5.32 Å². The van der Waals surface area contributed by atoms with Gasteiger partial charge >= 0.3 is 6.03 Å². The summed E-state index contributed by atoms with van der Waals surface area (Å²) in [5, 5.41) is 2.81. The van der Waals surface area contributed by atoms with Crippen molar-refractivity contribution in [3.8, 4) is 0 Å². The molecule has 1 heterocycles. The molecule has 0 aromatic heterocycles. The van der Waals surface area contributed by atoms with Gasteiger partial charge in [0.2, 0.25) is 5.91 Å². The van der Waals surface area contributed by atoms with E-state index in [0.717, 1.165) is 4.90 Å². The van der Waals surface area contributed by atoms with Crippen LogP contribution in [0.2, 0.25) is 0 Å². The number of likely N-dealkylation sites (N-methyl/N-ethyl adjacent to an activating group) is 1. The molecule has 6 nitrogen and oxygen atoms in total. The van der Waals surface area contributed by atoms with E-state index in [1.54, 1.807) is 19.1 Å². The predicted molar refractivity (Wildman–Crippen MR) is 108 cm³/mol. The monoisotopic (exact) mass is 397 g/mol. The minimum Gasteiger partial charge on any atom is -0.319 e. The topological polar surface area (TPSA) is 69.7 Å². The molecule has 0 unspecified atom stereocenters. The number of benzene rings is 2. The highest BCUT2D eigenvalue weighted by atomic mass is 19.1. The minimum atomic E-state index is -1.17. The zero-order chi connectivity index (χ0) is 21.0. The summed E-state index contributed by atoms with van der Waals surface area (Å²) in [6.45, 7) is 3.66. The number of hydrogen-bond acceptors (Lipinski definition) is 3. The van der Waals surface area contributed by atoms with Gasteiger partial charge in [0.15, 0.2) is 0 Å². The number of amides is 4. The summed E-state index contributed by atoms with van der Waals surface area (Å²) in [6, 6.07) is 14.0. The van der Waals surface area contributed by atoms with E-state index < -0.39 is 29.2 Å². The fraction of sp³-hybridized carbons (Fsp3) is 0.318. The van der Waals surface area contributed by atoms with Gasteiger partial charge in [-0.15, -0.1) is 0 Å². The Bertz CT molecular complexity index is 901. The molecule has 4 amide bonds. The van der Waals surface area contributed by atoms with E-state index >= 15 is 0 Å². The zero-order valence-electron chi connectivity index (χ0n) is 16.5. The Morgan fingerprint density at radius 3 is 2.31 bits per heavy atom. The van der Waals surface area contributed by atoms with E-state index in [0.29, 0.717) is 30.6 Å². The highest BCUT2D eigenvalue weighted by molar-refractivity contribution is 6.10. The molecule has 0 aliphatic carbocycles. The number of rotatable bonds is 7. The van der Waals surface area contributed by atoms with Crippen molar-refractivity contribution < 1.29 is 18.8 Å². The number of anilines is 1. The van der Waals surface area contributed by atoms with Gasteiger partial charge in [-0.1, -0.05) is 43.7 Å². The van der Waals surface area contributed by atoms with E-state index in [4.69, 9.17) is 0 Å².